The number of ketones is 1. The van der Waals surface area contributed by atoms with Crippen molar-refractivity contribution in [3.63, 3.8) is 0 Å². The summed E-state index contributed by atoms with van der Waals surface area (Å²) in [7, 11) is 1.46. The Morgan fingerprint density at radius 2 is 2.00 bits per heavy atom. The van der Waals surface area contributed by atoms with Crippen molar-refractivity contribution in [2.75, 3.05) is 0 Å². The molecule has 14 heavy (non-hydrogen) atoms. The number of benzene rings is 1. The molecule has 0 saturated heterocycles. The smallest absolute Gasteiger partial charge is 0.262 e. The van der Waals surface area contributed by atoms with Gasteiger partial charge >= 0.3 is 0 Å². The number of rotatable bonds is 2. The van der Waals surface area contributed by atoms with Crippen molar-refractivity contribution in [3.05, 3.63) is 27.3 Å². The van der Waals surface area contributed by atoms with E-state index in [1.807, 2.05) is 22.6 Å². The van der Waals surface area contributed by atoms with Gasteiger partial charge in [0.15, 0.2) is 5.78 Å². The van der Waals surface area contributed by atoms with Crippen molar-refractivity contribution in [2.24, 2.45) is 0 Å². The van der Waals surface area contributed by atoms with Crippen molar-refractivity contribution in [3.8, 4) is 0 Å². The lowest BCUT2D eigenvalue weighted by Crippen LogP contribution is -1.98. The van der Waals surface area contributed by atoms with Crippen molar-refractivity contribution >= 4 is 48.1 Å². The summed E-state index contributed by atoms with van der Waals surface area (Å²) in [6.45, 7) is 1.42. The second kappa shape index (κ2) is 4.16. The van der Waals surface area contributed by atoms with Gasteiger partial charge in [0, 0.05) is 19.8 Å². The molecule has 1 aromatic carbocycles. The molecule has 0 amide bonds. The molecule has 0 aliphatic rings. The van der Waals surface area contributed by atoms with Crippen LogP contribution in [0.5, 0.6) is 0 Å². The number of carbonyl (C=O) groups is 1. The Bertz CT molecular complexity index is 481. The van der Waals surface area contributed by atoms with Crippen molar-refractivity contribution < 1.29 is 13.2 Å². The first-order chi connectivity index (χ1) is 6.32. The van der Waals surface area contributed by atoms with Crippen molar-refractivity contribution in [2.45, 2.75) is 11.8 Å². The largest absolute Gasteiger partial charge is 0.295 e. The highest BCUT2D eigenvalue weighted by atomic mass is 127. The summed E-state index contributed by atoms with van der Waals surface area (Å²) in [5.74, 6) is -0.110. The standard InChI is InChI=1S/C8H6ClIO3S/c1-5(11)6-2-3-8(7(10)4-6)14(9,12)13/h2-4H,1H3. The van der Waals surface area contributed by atoms with Gasteiger partial charge in [-0.2, -0.15) is 0 Å². The SMILES string of the molecule is CC(=O)c1ccc(S(=O)(=O)Cl)c(I)c1. The minimum atomic E-state index is -3.72. The first-order valence-corrected chi connectivity index (χ1v) is 6.96. The maximum Gasteiger partial charge on any atom is 0.262 e. The number of Topliss-reactive ketones (excluding diaryl/α,β-unsaturated/α-hetero) is 1. The third kappa shape index (κ3) is 2.68. The van der Waals surface area contributed by atoms with Crippen LogP contribution >= 0.6 is 33.3 Å². The Balaban J connectivity index is 3.35. The second-order valence-electron chi connectivity index (χ2n) is 2.64. The molecule has 3 nitrogen and oxygen atoms in total. The maximum absolute atomic E-state index is 11.0. The fraction of sp³-hybridized carbons (Fsp3) is 0.125. The first-order valence-electron chi connectivity index (χ1n) is 3.57. The van der Waals surface area contributed by atoms with E-state index in [0.29, 0.717) is 9.13 Å². The van der Waals surface area contributed by atoms with E-state index < -0.39 is 9.05 Å². The first kappa shape index (κ1) is 11.9. The van der Waals surface area contributed by atoms with Crippen LogP contribution in [0.2, 0.25) is 0 Å². The van der Waals surface area contributed by atoms with E-state index in [1.165, 1.54) is 25.1 Å². The number of hydrogen-bond donors (Lipinski definition) is 0. The van der Waals surface area contributed by atoms with Crippen molar-refractivity contribution in [1.82, 2.24) is 0 Å². The van der Waals surface area contributed by atoms with E-state index in [-0.39, 0.29) is 10.7 Å². The van der Waals surface area contributed by atoms with Gasteiger partial charge in [0.2, 0.25) is 0 Å². The van der Waals surface area contributed by atoms with Gasteiger partial charge in [0.05, 0.1) is 4.90 Å². The molecule has 0 aliphatic heterocycles. The highest BCUT2D eigenvalue weighted by molar-refractivity contribution is 14.1. The van der Waals surface area contributed by atoms with Gasteiger partial charge < -0.3 is 0 Å². The molecule has 0 unspecified atom stereocenters. The average molecular weight is 345 g/mol. The lowest BCUT2D eigenvalue weighted by atomic mass is 10.2. The Kier molecular flexibility index (Phi) is 3.54. The molecule has 6 heteroatoms. The third-order valence-corrected chi connectivity index (χ3v) is 4.24. The Labute approximate surface area is 100 Å². The van der Waals surface area contributed by atoms with Crippen LogP contribution in [-0.4, -0.2) is 14.2 Å². The maximum atomic E-state index is 11.0. The van der Waals surface area contributed by atoms with Crippen LogP contribution in [0.25, 0.3) is 0 Å². The van der Waals surface area contributed by atoms with Gasteiger partial charge in [-0.15, -0.1) is 0 Å². The van der Waals surface area contributed by atoms with Crippen LogP contribution in [0.15, 0.2) is 23.1 Å². The molecule has 0 aliphatic carbocycles. The molecule has 0 saturated carbocycles. The molecule has 0 aromatic heterocycles. The van der Waals surface area contributed by atoms with Gasteiger partial charge in [-0.3, -0.25) is 4.79 Å². The van der Waals surface area contributed by atoms with Crippen LogP contribution in [0, 0.1) is 3.57 Å². The zero-order chi connectivity index (χ0) is 10.9. The quantitative estimate of drug-likeness (QED) is 0.470. The van der Waals surface area contributed by atoms with Gasteiger partial charge in [-0.25, -0.2) is 8.42 Å². The molecule has 0 fully saturated rings. The number of halogens is 2. The van der Waals surface area contributed by atoms with E-state index in [1.54, 1.807) is 0 Å². The molecule has 0 bridgehead atoms. The predicted octanol–water partition coefficient (Wildman–Crippen LogP) is 2.42. The summed E-state index contributed by atoms with van der Waals surface area (Å²) >= 11 is 1.83. The fourth-order valence-electron chi connectivity index (χ4n) is 0.918. The van der Waals surface area contributed by atoms with E-state index in [0.717, 1.165) is 0 Å². The third-order valence-electron chi connectivity index (χ3n) is 1.60. The van der Waals surface area contributed by atoms with Crippen LogP contribution in [0.3, 0.4) is 0 Å². The predicted molar refractivity (Wildman–Crippen MR) is 62.2 cm³/mol. The molecule has 0 spiro atoms. The molecule has 1 rings (SSSR count). The van der Waals surface area contributed by atoms with Gasteiger partial charge in [0.1, 0.15) is 0 Å². The molecule has 76 valence electrons. The fourth-order valence-corrected chi connectivity index (χ4v) is 3.62. The Morgan fingerprint density at radius 3 is 2.36 bits per heavy atom. The number of carbonyl (C=O) groups excluding carboxylic acids is 1. The second-order valence-corrected chi connectivity index (χ2v) is 6.34. The zero-order valence-electron chi connectivity index (χ0n) is 7.12. The lowest BCUT2D eigenvalue weighted by Gasteiger charge is -2.01. The minimum absolute atomic E-state index is 0.0322. The molecule has 0 radical (unpaired) electrons. The molecule has 0 heterocycles. The highest BCUT2D eigenvalue weighted by Gasteiger charge is 2.15. The van der Waals surface area contributed by atoms with Gasteiger partial charge in [-0.05, 0) is 41.6 Å². The summed E-state index contributed by atoms with van der Waals surface area (Å²) in [4.78, 5) is 11.0. The average Bonchev–Trinajstić information content (AvgIpc) is 2.01. The monoisotopic (exact) mass is 344 g/mol. The molecule has 0 N–H and O–H groups in total. The molecule has 0 atom stereocenters. The van der Waals surface area contributed by atoms with Crippen LogP contribution < -0.4 is 0 Å². The Morgan fingerprint density at radius 1 is 1.43 bits per heavy atom. The molecular weight excluding hydrogens is 339 g/mol. The van der Waals surface area contributed by atoms with Crippen LogP contribution in [0.1, 0.15) is 17.3 Å². The van der Waals surface area contributed by atoms with E-state index >= 15 is 0 Å². The van der Waals surface area contributed by atoms with Crippen LogP contribution in [-0.2, 0) is 9.05 Å². The van der Waals surface area contributed by atoms with E-state index in [9.17, 15) is 13.2 Å². The van der Waals surface area contributed by atoms with E-state index in [4.69, 9.17) is 10.7 Å². The Hall–Kier alpha value is -0.140. The van der Waals surface area contributed by atoms with Crippen molar-refractivity contribution in [1.29, 1.82) is 0 Å². The molecular formula is C8H6ClIO3S. The summed E-state index contributed by atoms with van der Waals surface area (Å²) in [6.07, 6.45) is 0. The summed E-state index contributed by atoms with van der Waals surface area (Å²) in [5.41, 5.74) is 0.471. The number of hydrogen-bond acceptors (Lipinski definition) is 3. The molecule has 1 aromatic rings. The normalized spacial score (nSPS) is 11.4. The van der Waals surface area contributed by atoms with Gasteiger partial charge in [0.25, 0.3) is 9.05 Å². The van der Waals surface area contributed by atoms with Crippen LogP contribution in [0.4, 0.5) is 0 Å². The zero-order valence-corrected chi connectivity index (χ0v) is 10.9. The highest BCUT2D eigenvalue weighted by Crippen LogP contribution is 2.22. The van der Waals surface area contributed by atoms with E-state index in [2.05, 4.69) is 0 Å². The summed E-state index contributed by atoms with van der Waals surface area (Å²) in [5, 5.41) is 0. The van der Waals surface area contributed by atoms with Gasteiger partial charge in [-0.1, -0.05) is 6.07 Å². The summed E-state index contributed by atoms with van der Waals surface area (Å²) < 4.78 is 22.5. The lowest BCUT2D eigenvalue weighted by molar-refractivity contribution is 0.101. The minimum Gasteiger partial charge on any atom is -0.295 e. The topological polar surface area (TPSA) is 51.2 Å². The summed E-state index contributed by atoms with van der Waals surface area (Å²) in [6, 6.07) is 4.28.